The molecule has 1 atom stereocenters. The Kier molecular flexibility index (Phi) is 3.34. The van der Waals surface area contributed by atoms with Gasteiger partial charge < -0.3 is 15.3 Å². The minimum Gasteiger partial charge on any atom is -0.391 e. The quantitative estimate of drug-likeness (QED) is 0.822. The number of anilines is 2. The SMILES string of the molecule is CC(=O)Nc1ccc(C)cc1N1CC(O)CC1=O. The van der Waals surface area contributed by atoms with E-state index in [1.807, 2.05) is 19.1 Å². The van der Waals surface area contributed by atoms with Crippen LogP contribution in [-0.4, -0.2) is 29.6 Å². The first-order valence-electron chi connectivity index (χ1n) is 5.84. The summed E-state index contributed by atoms with van der Waals surface area (Å²) in [4.78, 5) is 24.5. The van der Waals surface area contributed by atoms with Gasteiger partial charge in [-0.1, -0.05) is 6.07 Å². The van der Waals surface area contributed by atoms with E-state index in [1.54, 1.807) is 6.07 Å². The molecule has 1 fully saturated rings. The van der Waals surface area contributed by atoms with Gasteiger partial charge in [0.1, 0.15) is 0 Å². The molecule has 18 heavy (non-hydrogen) atoms. The van der Waals surface area contributed by atoms with Gasteiger partial charge in [0.25, 0.3) is 0 Å². The third kappa shape index (κ3) is 2.51. The molecule has 1 aliphatic heterocycles. The standard InChI is InChI=1S/C13H16N2O3/c1-8-3-4-11(14-9(2)16)12(5-8)15-7-10(17)6-13(15)18/h3-5,10,17H,6-7H2,1-2H3,(H,14,16). The molecule has 0 saturated carbocycles. The molecule has 0 bridgehead atoms. The average molecular weight is 248 g/mol. The summed E-state index contributed by atoms with van der Waals surface area (Å²) in [5.41, 5.74) is 2.23. The van der Waals surface area contributed by atoms with Gasteiger partial charge in [-0.15, -0.1) is 0 Å². The summed E-state index contributed by atoms with van der Waals surface area (Å²) in [5.74, 6) is -0.313. The number of aliphatic hydroxyl groups is 1. The predicted molar refractivity (Wildman–Crippen MR) is 68.5 cm³/mol. The second-order valence-electron chi connectivity index (χ2n) is 4.56. The zero-order valence-corrected chi connectivity index (χ0v) is 10.4. The van der Waals surface area contributed by atoms with Crippen molar-refractivity contribution in [1.29, 1.82) is 0 Å². The van der Waals surface area contributed by atoms with Gasteiger partial charge in [0, 0.05) is 6.92 Å². The van der Waals surface area contributed by atoms with Crippen LogP contribution in [0.4, 0.5) is 11.4 Å². The van der Waals surface area contributed by atoms with Crippen LogP contribution in [0.15, 0.2) is 18.2 Å². The van der Waals surface area contributed by atoms with Gasteiger partial charge in [0.2, 0.25) is 11.8 Å². The van der Waals surface area contributed by atoms with Crippen molar-refractivity contribution in [2.45, 2.75) is 26.4 Å². The van der Waals surface area contributed by atoms with Crippen molar-refractivity contribution in [3.05, 3.63) is 23.8 Å². The lowest BCUT2D eigenvalue weighted by atomic mass is 10.1. The Bertz CT molecular complexity index is 499. The summed E-state index contributed by atoms with van der Waals surface area (Å²) < 4.78 is 0. The topological polar surface area (TPSA) is 69.6 Å². The summed E-state index contributed by atoms with van der Waals surface area (Å²) in [6.07, 6.45) is -0.504. The highest BCUT2D eigenvalue weighted by atomic mass is 16.3. The molecule has 1 aromatic carbocycles. The van der Waals surface area contributed by atoms with E-state index in [0.717, 1.165) is 5.56 Å². The van der Waals surface area contributed by atoms with Crippen LogP contribution in [0.5, 0.6) is 0 Å². The zero-order valence-electron chi connectivity index (χ0n) is 10.4. The van der Waals surface area contributed by atoms with Gasteiger partial charge in [-0.05, 0) is 24.6 Å². The fourth-order valence-electron chi connectivity index (χ4n) is 2.08. The summed E-state index contributed by atoms with van der Waals surface area (Å²) in [6.45, 7) is 3.61. The van der Waals surface area contributed by atoms with Crippen LogP contribution in [0.1, 0.15) is 18.9 Å². The van der Waals surface area contributed by atoms with Crippen molar-refractivity contribution in [2.24, 2.45) is 0 Å². The van der Waals surface area contributed by atoms with Gasteiger partial charge in [0.05, 0.1) is 30.4 Å². The van der Waals surface area contributed by atoms with Crippen LogP contribution in [0, 0.1) is 6.92 Å². The van der Waals surface area contributed by atoms with Crippen molar-refractivity contribution in [3.8, 4) is 0 Å². The van der Waals surface area contributed by atoms with E-state index in [4.69, 9.17) is 0 Å². The molecule has 2 amide bonds. The molecule has 1 unspecified atom stereocenters. The lowest BCUT2D eigenvalue weighted by Gasteiger charge is -2.20. The Labute approximate surface area is 105 Å². The molecular formula is C13H16N2O3. The summed E-state index contributed by atoms with van der Waals surface area (Å²) >= 11 is 0. The maximum atomic E-state index is 11.8. The Balaban J connectivity index is 2.38. The number of benzene rings is 1. The highest BCUT2D eigenvalue weighted by Crippen LogP contribution is 2.30. The molecular weight excluding hydrogens is 232 g/mol. The maximum Gasteiger partial charge on any atom is 0.229 e. The van der Waals surface area contributed by atoms with Gasteiger partial charge >= 0.3 is 0 Å². The molecule has 5 heteroatoms. The Hall–Kier alpha value is -1.88. The normalized spacial score (nSPS) is 19.2. The number of carbonyl (C=O) groups excluding carboxylic acids is 2. The van der Waals surface area contributed by atoms with Crippen LogP contribution in [0.2, 0.25) is 0 Å². The van der Waals surface area contributed by atoms with Crippen molar-refractivity contribution < 1.29 is 14.7 Å². The number of hydrogen-bond donors (Lipinski definition) is 2. The summed E-state index contributed by atoms with van der Waals surface area (Å²) in [7, 11) is 0. The lowest BCUT2D eigenvalue weighted by Crippen LogP contribution is -2.26. The van der Waals surface area contributed by atoms with Crippen LogP contribution >= 0.6 is 0 Å². The number of aliphatic hydroxyl groups excluding tert-OH is 1. The first kappa shape index (κ1) is 12.6. The van der Waals surface area contributed by atoms with E-state index in [-0.39, 0.29) is 24.8 Å². The van der Waals surface area contributed by atoms with E-state index < -0.39 is 6.10 Å². The Morgan fingerprint density at radius 1 is 1.50 bits per heavy atom. The average Bonchev–Trinajstić information content (AvgIpc) is 2.60. The number of rotatable bonds is 2. The van der Waals surface area contributed by atoms with Crippen molar-refractivity contribution in [3.63, 3.8) is 0 Å². The Morgan fingerprint density at radius 2 is 2.22 bits per heavy atom. The molecule has 0 radical (unpaired) electrons. The predicted octanol–water partition coefficient (Wildman–Crippen LogP) is 1.05. The number of hydrogen-bond acceptors (Lipinski definition) is 3. The summed E-state index contributed by atoms with van der Waals surface area (Å²) in [6, 6.07) is 5.47. The Morgan fingerprint density at radius 3 is 2.78 bits per heavy atom. The molecule has 5 nitrogen and oxygen atoms in total. The van der Waals surface area contributed by atoms with E-state index in [1.165, 1.54) is 11.8 Å². The van der Waals surface area contributed by atoms with Gasteiger partial charge in [-0.2, -0.15) is 0 Å². The third-order valence-corrected chi connectivity index (χ3v) is 2.86. The molecule has 2 rings (SSSR count). The molecule has 1 aliphatic rings. The third-order valence-electron chi connectivity index (χ3n) is 2.86. The number of aryl methyl sites for hydroxylation is 1. The summed E-state index contributed by atoms with van der Waals surface area (Å²) in [5, 5.41) is 12.2. The van der Waals surface area contributed by atoms with E-state index in [9.17, 15) is 14.7 Å². The van der Waals surface area contributed by atoms with E-state index in [2.05, 4.69) is 5.32 Å². The zero-order chi connectivity index (χ0) is 13.3. The number of β-amino-alcohol motifs (C(OH)–C–C–N with tert-alkyl or cyclic N) is 1. The van der Waals surface area contributed by atoms with Crippen molar-refractivity contribution in [2.75, 3.05) is 16.8 Å². The van der Waals surface area contributed by atoms with Crippen molar-refractivity contribution >= 4 is 23.2 Å². The van der Waals surface area contributed by atoms with Gasteiger partial charge in [-0.25, -0.2) is 0 Å². The molecule has 1 heterocycles. The second kappa shape index (κ2) is 4.78. The number of amides is 2. The highest BCUT2D eigenvalue weighted by Gasteiger charge is 2.30. The number of nitrogens with one attached hydrogen (secondary N) is 1. The van der Waals surface area contributed by atoms with Crippen LogP contribution < -0.4 is 10.2 Å². The lowest BCUT2D eigenvalue weighted by molar-refractivity contribution is -0.117. The number of nitrogens with zero attached hydrogens (tertiary/aromatic N) is 1. The monoisotopic (exact) mass is 248 g/mol. The highest BCUT2D eigenvalue weighted by molar-refractivity contribution is 6.02. The maximum absolute atomic E-state index is 11.8. The molecule has 96 valence electrons. The molecule has 1 saturated heterocycles. The van der Waals surface area contributed by atoms with Crippen LogP contribution in [-0.2, 0) is 9.59 Å². The minimum absolute atomic E-state index is 0.125. The molecule has 0 aliphatic carbocycles. The molecule has 2 N–H and O–H groups in total. The van der Waals surface area contributed by atoms with E-state index >= 15 is 0 Å². The molecule has 0 aromatic heterocycles. The first-order valence-corrected chi connectivity index (χ1v) is 5.84. The minimum atomic E-state index is -0.636. The fourth-order valence-corrected chi connectivity index (χ4v) is 2.08. The van der Waals surface area contributed by atoms with Crippen LogP contribution in [0.3, 0.4) is 0 Å². The second-order valence-corrected chi connectivity index (χ2v) is 4.56. The largest absolute Gasteiger partial charge is 0.391 e. The van der Waals surface area contributed by atoms with Gasteiger partial charge in [-0.3, -0.25) is 9.59 Å². The molecule has 1 aromatic rings. The van der Waals surface area contributed by atoms with Crippen LogP contribution in [0.25, 0.3) is 0 Å². The van der Waals surface area contributed by atoms with Gasteiger partial charge in [0.15, 0.2) is 0 Å². The first-order chi connectivity index (χ1) is 8.47. The smallest absolute Gasteiger partial charge is 0.229 e. The molecule has 0 spiro atoms. The van der Waals surface area contributed by atoms with E-state index in [0.29, 0.717) is 11.4 Å². The van der Waals surface area contributed by atoms with Crippen molar-refractivity contribution in [1.82, 2.24) is 0 Å². The fraction of sp³-hybridized carbons (Fsp3) is 0.385. The number of carbonyl (C=O) groups is 2.